The van der Waals surface area contributed by atoms with Gasteiger partial charge in [0.2, 0.25) is 0 Å². The Labute approximate surface area is 92.3 Å². The van der Waals surface area contributed by atoms with Gasteiger partial charge in [0, 0.05) is 18.7 Å². The number of carbonyl (C=O) groups is 2. The van der Waals surface area contributed by atoms with E-state index < -0.39 is 0 Å². The lowest BCUT2D eigenvalue weighted by Crippen LogP contribution is -1.87. The summed E-state index contributed by atoms with van der Waals surface area (Å²) in [7, 11) is 0. The molecule has 1 rings (SSSR count). The molecule has 0 atom stereocenters. The first-order chi connectivity index (χ1) is 7.22. The van der Waals surface area contributed by atoms with E-state index in [4.69, 9.17) is 0 Å². The summed E-state index contributed by atoms with van der Waals surface area (Å²) in [6, 6.07) is 3.22. The molecule has 0 aliphatic rings. The average Bonchev–Trinajstić information content (AvgIpc) is 2.24. The Kier molecular flexibility index (Phi) is 4.58. The molecule has 0 saturated heterocycles. The van der Waals surface area contributed by atoms with Crippen LogP contribution in [0, 0.1) is 11.8 Å². The summed E-state index contributed by atoms with van der Waals surface area (Å²) in [5.41, 5.74) is 1.09. The van der Waals surface area contributed by atoms with Crippen LogP contribution in [0.1, 0.15) is 23.0 Å². The van der Waals surface area contributed by atoms with Crippen LogP contribution >= 0.6 is 11.8 Å². The van der Waals surface area contributed by atoms with E-state index >= 15 is 0 Å². The second-order valence-electron chi connectivity index (χ2n) is 2.67. The van der Waals surface area contributed by atoms with Gasteiger partial charge in [-0.15, -0.1) is 0 Å². The van der Waals surface area contributed by atoms with Crippen LogP contribution in [-0.4, -0.2) is 22.1 Å². The largest absolute Gasteiger partial charge is 0.298 e. The smallest absolute Gasteiger partial charge is 0.186 e. The number of pyridine rings is 1. The van der Waals surface area contributed by atoms with Crippen molar-refractivity contribution in [2.45, 2.75) is 6.92 Å². The topological polar surface area (TPSA) is 47.0 Å². The summed E-state index contributed by atoms with van der Waals surface area (Å²) in [6.45, 7) is 1.50. The van der Waals surface area contributed by atoms with Crippen molar-refractivity contribution >= 4 is 23.2 Å². The number of nitrogens with zero attached hydrogens (tertiary/aromatic N) is 1. The standard InChI is InChI=1S/C11H9NO2S/c1-9(14)15-6-2-3-11-7-10(8-13)4-5-12-11/h4-5,7-8H,6H2,1H3. The normalized spacial score (nSPS) is 8.87. The predicted octanol–water partition coefficient (Wildman–Crippen LogP) is 1.53. The highest BCUT2D eigenvalue weighted by atomic mass is 32.2. The molecule has 0 bridgehead atoms. The maximum absolute atomic E-state index is 10.6. The van der Waals surface area contributed by atoms with E-state index in [0.717, 1.165) is 18.0 Å². The van der Waals surface area contributed by atoms with Crippen molar-refractivity contribution in [2.75, 3.05) is 5.75 Å². The summed E-state index contributed by atoms with van der Waals surface area (Å²) < 4.78 is 0. The molecule has 0 N–H and O–H groups in total. The first-order valence-corrected chi connectivity index (χ1v) is 5.24. The summed E-state index contributed by atoms with van der Waals surface area (Å²) in [5, 5.41) is 0.0406. The molecule has 1 aromatic rings. The molecular formula is C11H9NO2S. The number of carbonyl (C=O) groups excluding carboxylic acids is 2. The zero-order valence-corrected chi connectivity index (χ0v) is 9.00. The molecule has 0 radical (unpaired) electrons. The van der Waals surface area contributed by atoms with Crippen LogP contribution in [-0.2, 0) is 4.79 Å². The lowest BCUT2D eigenvalue weighted by molar-refractivity contribution is -0.109. The van der Waals surface area contributed by atoms with E-state index in [9.17, 15) is 9.59 Å². The zero-order valence-electron chi connectivity index (χ0n) is 8.19. The number of aromatic nitrogens is 1. The van der Waals surface area contributed by atoms with Crippen molar-refractivity contribution in [2.24, 2.45) is 0 Å². The third-order valence-electron chi connectivity index (χ3n) is 1.48. The van der Waals surface area contributed by atoms with Gasteiger partial charge in [0.15, 0.2) is 5.12 Å². The third kappa shape index (κ3) is 4.43. The van der Waals surface area contributed by atoms with E-state index in [1.807, 2.05) is 0 Å². The molecule has 1 heterocycles. The molecule has 0 aromatic carbocycles. The van der Waals surface area contributed by atoms with Crippen molar-refractivity contribution in [1.82, 2.24) is 4.98 Å². The third-order valence-corrected chi connectivity index (χ3v) is 2.18. The predicted molar refractivity (Wildman–Crippen MR) is 59.6 cm³/mol. The summed E-state index contributed by atoms with van der Waals surface area (Å²) in [5.74, 6) is 6.03. The van der Waals surface area contributed by atoms with E-state index in [1.165, 1.54) is 13.1 Å². The highest BCUT2D eigenvalue weighted by Gasteiger charge is 1.92. The molecule has 0 spiro atoms. The van der Waals surface area contributed by atoms with Gasteiger partial charge < -0.3 is 0 Å². The van der Waals surface area contributed by atoms with Crippen LogP contribution in [0.2, 0.25) is 0 Å². The summed E-state index contributed by atoms with van der Waals surface area (Å²) in [4.78, 5) is 25.0. The Hall–Kier alpha value is -1.60. The fourth-order valence-corrected chi connectivity index (χ4v) is 1.20. The summed E-state index contributed by atoms with van der Waals surface area (Å²) >= 11 is 1.15. The van der Waals surface area contributed by atoms with Gasteiger partial charge in [0.25, 0.3) is 0 Å². The van der Waals surface area contributed by atoms with Gasteiger partial charge in [-0.05, 0) is 18.1 Å². The molecule has 15 heavy (non-hydrogen) atoms. The van der Waals surface area contributed by atoms with Gasteiger partial charge in [0.05, 0.1) is 5.75 Å². The van der Waals surface area contributed by atoms with E-state index in [0.29, 0.717) is 17.0 Å². The minimum Gasteiger partial charge on any atom is -0.298 e. The maximum atomic E-state index is 10.6. The van der Waals surface area contributed by atoms with E-state index in [1.54, 1.807) is 12.1 Å². The van der Waals surface area contributed by atoms with Crippen molar-refractivity contribution in [3.8, 4) is 11.8 Å². The SMILES string of the molecule is CC(=O)SCC#Cc1cc(C=O)ccn1. The highest BCUT2D eigenvalue weighted by molar-refractivity contribution is 8.13. The molecule has 0 amide bonds. The first-order valence-electron chi connectivity index (χ1n) is 4.26. The monoisotopic (exact) mass is 219 g/mol. The molecule has 4 heteroatoms. The first kappa shape index (κ1) is 11.5. The second-order valence-corrected chi connectivity index (χ2v) is 3.83. The van der Waals surface area contributed by atoms with Crippen molar-refractivity contribution in [1.29, 1.82) is 0 Å². The summed E-state index contributed by atoms with van der Waals surface area (Å²) in [6.07, 6.45) is 2.28. The Balaban J connectivity index is 2.63. The Morgan fingerprint density at radius 1 is 1.67 bits per heavy atom. The van der Waals surface area contributed by atoms with Gasteiger partial charge in [-0.3, -0.25) is 9.59 Å². The molecule has 0 aliphatic heterocycles. The molecule has 0 fully saturated rings. The van der Waals surface area contributed by atoms with Gasteiger partial charge >= 0.3 is 0 Å². The van der Waals surface area contributed by atoms with Crippen LogP contribution < -0.4 is 0 Å². The number of hydrogen-bond acceptors (Lipinski definition) is 4. The van der Waals surface area contributed by atoms with Crippen molar-refractivity contribution in [3.63, 3.8) is 0 Å². The Morgan fingerprint density at radius 3 is 3.13 bits per heavy atom. The molecule has 1 aromatic heterocycles. The lowest BCUT2D eigenvalue weighted by atomic mass is 10.2. The van der Waals surface area contributed by atoms with E-state index in [-0.39, 0.29) is 5.12 Å². The molecule has 0 unspecified atom stereocenters. The fourth-order valence-electron chi connectivity index (χ4n) is 0.853. The van der Waals surface area contributed by atoms with E-state index in [2.05, 4.69) is 16.8 Å². The number of rotatable bonds is 2. The quantitative estimate of drug-likeness (QED) is 0.559. The van der Waals surface area contributed by atoms with Gasteiger partial charge in [-0.25, -0.2) is 4.98 Å². The number of aldehydes is 1. The molecular weight excluding hydrogens is 210 g/mol. The van der Waals surface area contributed by atoms with Gasteiger partial charge in [0.1, 0.15) is 12.0 Å². The molecule has 0 aliphatic carbocycles. The number of thioether (sulfide) groups is 1. The van der Waals surface area contributed by atoms with Gasteiger partial charge in [-0.1, -0.05) is 17.7 Å². The maximum Gasteiger partial charge on any atom is 0.186 e. The van der Waals surface area contributed by atoms with Gasteiger partial charge in [-0.2, -0.15) is 0 Å². The number of hydrogen-bond donors (Lipinski definition) is 0. The minimum atomic E-state index is 0.0406. The molecule has 0 saturated carbocycles. The zero-order chi connectivity index (χ0) is 11.1. The Morgan fingerprint density at radius 2 is 2.47 bits per heavy atom. The molecule has 76 valence electrons. The fraction of sp³-hybridized carbons (Fsp3) is 0.182. The van der Waals surface area contributed by atoms with Crippen molar-refractivity contribution in [3.05, 3.63) is 29.6 Å². The Bertz CT molecular complexity index is 432. The minimum absolute atomic E-state index is 0.0406. The average molecular weight is 219 g/mol. The molecule has 3 nitrogen and oxygen atoms in total. The van der Waals surface area contributed by atoms with Crippen LogP contribution in [0.5, 0.6) is 0 Å². The lowest BCUT2D eigenvalue weighted by Gasteiger charge is -1.90. The second kappa shape index (κ2) is 5.99. The highest BCUT2D eigenvalue weighted by Crippen LogP contribution is 2.00. The van der Waals surface area contributed by atoms with Crippen LogP contribution in [0.25, 0.3) is 0 Å². The van der Waals surface area contributed by atoms with Crippen LogP contribution in [0.4, 0.5) is 0 Å². The van der Waals surface area contributed by atoms with Crippen LogP contribution in [0.3, 0.4) is 0 Å². The van der Waals surface area contributed by atoms with Crippen molar-refractivity contribution < 1.29 is 9.59 Å². The van der Waals surface area contributed by atoms with Crippen LogP contribution in [0.15, 0.2) is 18.3 Å².